The van der Waals surface area contributed by atoms with Gasteiger partial charge in [0.15, 0.2) is 0 Å². The standard InChI is InChI=1S/C10H14BrNS/c1-7-5-13-9(8(7)11)10(6-12)3-2-4-10/h5H,2-4,6,12H2,1H3. The molecule has 1 saturated carbocycles. The van der Waals surface area contributed by atoms with Gasteiger partial charge in [-0.1, -0.05) is 6.42 Å². The van der Waals surface area contributed by atoms with Gasteiger partial charge in [0.2, 0.25) is 0 Å². The average molecular weight is 260 g/mol. The molecule has 0 saturated heterocycles. The highest BCUT2D eigenvalue weighted by Gasteiger charge is 2.39. The first-order valence-corrected chi connectivity index (χ1v) is 6.31. The van der Waals surface area contributed by atoms with Crippen LogP contribution in [0.1, 0.15) is 29.7 Å². The number of halogens is 1. The molecule has 1 aromatic rings. The van der Waals surface area contributed by atoms with Crippen molar-refractivity contribution in [3.05, 3.63) is 20.3 Å². The normalized spacial score (nSPS) is 19.9. The third kappa shape index (κ3) is 1.37. The fourth-order valence-corrected chi connectivity index (χ4v) is 4.10. The molecule has 0 spiro atoms. The fraction of sp³-hybridized carbons (Fsp3) is 0.600. The zero-order chi connectivity index (χ0) is 9.47. The van der Waals surface area contributed by atoms with E-state index in [2.05, 4.69) is 28.2 Å². The van der Waals surface area contributed by atoms with E-state index in [1.807, 2.05) is 11.3 Å². The van der Waals surface area contributed by atoms with Gasteiger partial charge in [0.25, 0.3) is 0 Å². The first-order valence-electron chi connectivity index (χ1n) is 4.64. The maximum Gasteiger partial charge on any atom is 0.0349 e. The summed E-state index contributed by atoms with van der Waals surface area (Å²) in [5.74, 6) is 0. The lowest BCUT2D eigenvalue weighted by atomic mass is 9.68. The number of thiophene rings is 1. The van der Waals surface area contributed by atoms with Gasteiger partial charge in [0.1, 0.15) is 0 Å². The molecule has 1 fully saturated rings. The maximum atomic E-state index is 5.86. The molecule has 0 atom stereocenters. The van der Waals surface area contributed by atoms with E-state index in [1.165, 1.54) is 34.2 Å². The number of hydrogen-bond donors (Lipinski definition) is 1. The summed E-state index contributed by atoms with van der Waals surface area (Å²) in [5, 5.41) is 2.22. The van der Waals surface area contributed by atoms with E-state index in [0.717, 1.165) is 6.54 Å². The van der Waals surface area contributed by atoms with Crippen molar-refractivity contribution in [1.29, 1.82) is 0 Å². The van der Waals surface area contributed by atoms with Crippen molar-refractivity contribution >= 4 is 27.3 Å². The van der Waals surface area contributed by atoms with Crippen LogP contribution in [0.25, 0.3) is 0 Å². The summed E-state index contributed by atoms with van der Waals surface area (Å²) < 4.78 is 1.29. The monoisotopic (exact) mass is 259 g/mol. The second-order valence-electron chi connectivity index (χ2n) is 3.90. The quantitative estimate of drug-likeness (QED) is 0.868. The minimum absolute atomic E-state index is 0.317. The molecule has 0 bridgehead atoms. The van der Waals surface area contributed by atoms with E-state index in [0.29, 0.717) is 5.41 Å². The van der Waals surface area contributed by atoms with Gasteiger partial charge in [-0.3, -0.25) is 0 Å². The van der Waals surface area contributed by atoms with Gasteiger partial charge in [-0.25, -0.2) is 0 Å². The van der Waals surface area contributed by atoms with Gasteiger partial charge < -0.3 is 5.73 Å². The molecule has 13 heavy (non-hydrogen) atoms. The number of nitrogens with two attached hydrogens (primary N) is 1. The smallest absolute Gasteiger partial charge is 0.0349 e. The Labute approximate surface area is 91.5 Å². The third-order valence-electron chi connectivity index (χ3n) is 3.08. The van der Waals surface area contributed by atoms with E-state index in [9.17, 15) is 0 Å². The Morgan fingerprint density at radius 3 is 2.62 bits per heavy atom. The molecule has 2 rings (SSSR count). The average Bonchev–Trinajstić information content (AvgIpc) is 2.35. The number of aryl methyl sites for hydroxylation is 1. The van der Waals surface area contributed by atoms with E-state index >= 15 is 0 Å². The predicted molar refractivity (Wildman–Crippen MR) is 61.3 cm³/mol. The van der Waals surface area contributed by atoms with Crippen LogP contribution in [0.2, 0.25) is 0 Å². The molecule has 3 heteroatoms. The van der Waals surface area contributed by atoms with Crippen LogP contribution >= 0.6 is 27.3 Å². The summed E-state index contributed by atoms with van der Waals surface area (Å²) in [7, 11) is 0. The van der Waals surface area contributed by atoms with Crippen molar-refractivity contribution in [1.82, 2.24) is 0 Å². The fourth-order valence-electron chi connectivity index (χ4n) is 1.92. The van der Waals surface area contributed by atoms with Crippen LogP contribution in [0.4, 0.5) is 0 Å². The minimum Gasteiger partial charge on any atom is -0.330 e. The maximum absolute atomic E-state index is 5.86. The van der Waals surface area contributed by atoms with Crippen molar-refractivity contribution in [3.8, 4) is 0 Å². The van der Waals surface area contributed by atoms with Crippen molar-refractivity contribution < 1.29 is 0 Å². The van der Waals surface area contributed by atoms with Gasteiger partial charge in [0.05, 0.1) is 0 Å². The highest BCUT2D eigenvalue weighted by molar-refractivity contribution is 9.10. The summed E-state index contributed by atoms with van der Waals surface area (Å²) in [5.41, 5.74) is 7.53. The van der Waals surface area contributed by atoms with Crippen LogP contribution in [0.5, 0.6) is 0 Å². The van der Waals surface area contributed by atoms with Crippen molar-refractivity contribution in [2.45, 2.75) is 31.6 Å². The second-order valence-corrected chi connectivity index (χ2v) is 5.57. The Bertz CT molecular complexity index is 309. The van der Waals surface area contributed by atoms with E-state index in [4.69, 9.17) is 5.73 Å². The van der Waals surface area contributed by atoms with Crippen LogP contribution in [0.15, 0.2) is 9.85 Å². The molecule has 1 aliphatic carbocycles. The van der Waals surface area contributed by atoms with Crippen LogP contribution in [0.3, 0.4) is 0 Å². The topological polar surface area (TPSA) is 26.0 Å². The Morgan fingerprint density at radius 1 is 1.62 bits per heavy atom. The van der Waals surface area contributed by atoms with Gasteiger partial charge in [-0.05, 0) is 46.6 Å². The van der Waals surface area contributed by atoms with Gasteiger partial charge in [-0.2, -0.15) is 0 Å². The van der Waals surface area contributed by atoms with Gasteiger partial charge in [-0.15, -0.1) is 11.3 Å². The Balaban J connectivity index is 2.38. The molecular formula is C10H14BrNS. The molecule has 72 valence electrons. The lowest BCUT2D eigenvalue weighted by molar-refractivity contribution is 0.257. The molecule has 1 nitrogen and oxygen atoms in total. The molecule has 1 heterocycles. The molecule has 0 aromatic carbocycles. The zero-order valence-electron chi connectivity index (χ0n) is 7.77. The minimum atomic E-state index is 0.317. The Hall–Kier alpha value is 0.140. The van der Waals surface area contributed by atoms with Gasteiger partial charge in [0, 0.05) is 21.3 Å². The second kappa shape index (κ2) is 3.37. The molecular weight excluding hydrogens is 246 g/mol. The largest absolute Gasteiger partial charge is 0.330 e. The van der Waals surface area contributed by atoms with Crippen LogP contribution in [0, 0.1) is 6.92 Å². The first kappa shape index (κ1) is 9.69. The molecule has 0 radical (unpaired) electrons. The first-order chi connectivity index (χ1) is 6.19. The highest BCUT2D eigenvalue weighted by Crippen LogP contribution is 2.48. The van der Waals surface area contributed by atoms with Crippen LogP contribution in [-0.4, -0.2) is 6.54 Å². The number of rotatable bonds is 2. The number of hydrogen-bond acceptors (Lipinski definition) is 2. The predicted octanol–water partition coefficient (Wildman–Crippen LogP) is 3.20. The molecule has 0 unspecified atom stereocenters. The van der Waals surface area contributed by atoms with E-state index in [1.54, 1.807) is 0 Å². The SMILES string of the molecule is Cc1csc(C2(CN)CCC2)c1Br. The molecule has 1 aromatic heterocycles. The van der Waals surface area contributed by atoms with Crippen LogP contribution < -0.4 is 5.73 Å². The van der Waals surface area contributed by atoms with E-state index in [-0.39, 0.29) is 0 Å². The van der Waals surface area contributed by atoms with Gasteiger partial charge >= 0.3 is 0 Å². The highest BCUT2D eigenvalue weighted by atomic mass is 79.9. The van der Waals surface area contributed by atoms with Crippen molar-refractivity contribution in [2.24, 2.45) is 5.73 Å². The lowest BCUT2D eigenvalue weighted by Gasteiger charge is -2.40. The Kier molecular flexibility index (Phi) is 2.51. The van der Waals surface area contributed by atoms with Crippen LogP contribution in [-0.2, 0) is 5.41 Å². The molecule has 1 aliphatic rings. The van der Waals surface area contributed by atoms with Crippen molar-refractivity contribution in [2.75, 3.05) is 6.54 Å². The summed E-state index contributed by atoms with van der Waals surface area (Å²) in [6, 6.07) is 0. The summed E-state index contributed by atoms with van der Waals surface area (Å²) in [6.45, 7) is 2.94. The zero-order valence-corrected chi connectivity index (χ0v) is 10.2. The summed E-state index contributed by atoms with van der Waals surface area (Å²) in [6.07, 6.45) is 3.87. The summed E-state index contributed by atoms with van der Waals surface area (Å²) >= 11 is 5.51. The summed E-state index contributed by atoms with van der Waals surface area (Å²) in [4.78, 5) is 1.47. The Morgan fingerprint density at radius 2 is 2.31 bits per heavy atom. The molecule has 2 N–H and O–H groups in total. The third-order valence-corrected chi connectivity index (χ3v) is 5.71. The molecule has 0 aliphatic heterocycles. The lowest BCUT2D eigenvalue weighted by Crippen LogP contribution is -2.41. The van der Waals surface area contributed by atoms with E-state index < -0.39 is 0 Å². The van der Waals surface area contributed by atoms with Crippen molar-refractivity contribution in [3.63, 3.8) is 0 Å². The molecule has 0 amide bonds.